The largest absolute Gasteiger partial charge is 0.508 e. The molecule has 1 aliphatic rings. The number of hydrogen-bond acceptors (Lipinski definition) is 2. The summed E-state index contributed by atoms with van der Waals surface area (Å²) >= 11 is 0. The SMILES string of the molecule is Cl.NC1CCCc2ccc(O)cc21. The van der Waals surface area contributed by atoms with Crippen molar-refractivity contribution in [3.63, 3.8) is 0 Å². The zero-order chi connectivity index (χ0) is 8.55. The zero-order valence-electron chi connectivity index (χ0n) is 7.36. The normalized spacial score (nSPS) is 20.2. The Kier molecular flexibility index (Phi) is 3.17. The summed E-state index contributed by atoms with van der Waals surface area (Å²) in [6.45, 7) is 0. The van der Waals surface area contributed by atoms with E-state index in [2.05, 4.69) is 0 Å². The van der Waals surface area contributed by atoms with E-state index in [0.29, 0.717) is 5.75 Å². The van der Waals surface area contributed by atoms with Crippen LogP contribution in [0, 0.1) is 0 Å². The van der Waals surface area contributed by atoms with E-state index >= 15 is 0 Å². The van der Waals surface area contributed by atoms with Crippen LogP contribution in [0.25, 0.3) is 0 Å². The first-order chi connectivity index (χ1) is 5.77. The second-order valence-electron chi connectivity index (χ2n) is 3.38. The maximum Gasteiger partial charge on any atom is 0.115 e. The van der Waals surface area contributed by atoms with Crippen LogP contribution in [0.3, 0.4) is 0 Å². The number of benzene rings is 1. The number of aromatic hydroxyl groups is 1. The van der Waals surface area contributed by atoms with E-state index in [1.807, 2.05) is 6.07 Å². The van der Waals surface area contributed by atoms with E-state index in [-0.39, 0.29) is 18.4 Å². The van der Waals surface area contributed by atoms with Gasteiger partial charge in [-0.1, -0.05) is 6.07 Å². The van der Waals surface area contributed by atoms with Crippen molar-refractivity contribution in [2.75, 3.05) is 0 Å². The van der Waals surface area contributed by atoms with E-state index < -0.39 is 0 Å². The van der Waals surface area contributed by atoms with Crippen molar-refractivity contribution in [3.05, 3.63) is 29.3 Å². The first kappa shape index (κ1) is 10.4. The van der Waals surface area contributed by atoms with Crippen molar-refractivity contribution >= 4 is 12.4 Å². The van der Waals surface area contributed by atoms with Gasteiger partial charge < -0.3 is 10.8 Å². The molecule has 0 fully saturated rings. The lowest BCUT2D eigenvalue weighted by atomic mass is 9.88. The molecule has 0 heterocycles. The second kappa shape index (κ2) is 3.99. The van der Waals surface area contributed by atoms with Gasteiger partial charge in [0.2, 0.25) is 0 Å². The Morgan fingerprint density at radius 3 is 2.92 bits per heavy atom. The molecule has 0 aliphatic heterocycles. The Bertz CT molecular complexity index is 301. The minimum atomic E-state index is 0. The maximum absolute atomic E-state index is 9.25. The van der Waals surface area contributed by atoms with Crippen LogP contribution in [-0.4, -0.2) is 5.11 Å². The van der Waals surface area contributed by atoms with Crippen LogP contribution in [0.2, 0.25) is 0 Å². The van der Waals surface area contributed by atoms with Crippen LogP contribution in [0.1, 0.15) is 30.0 Å². The fourth-order valence-electron chi connectivity index (χ4n) is 1.82. The lowest BCUT2D eigenvalue weighted by Crippen LogP contribution is -2.16. The molecule has 0 bridgehead atoms. The molecule has 0 spiro atoms. The average Bonchev–Trinajstić information content (AvgIpc) is 2.07. The number of rotatable bonds is 0. The van der Waals surface area contributed by atoms with Crippen LogP contribution in [0.5, 0.6) is 5.75 Å². The predicted octanol–water partition coefficient (Wildman–Crippen LogP) is 2.15. The van der Waals surface area contributed by atoms with Gasteiger partial charge in [-0.2, -0.15) is 0 Å². The molecule has 2 nitrogen and oxygen atoms in total. The highest BCUT2D eigenvalue weighted by Gasteiger charge is 2.16. The van der Waals surface area contributed by atoms with Crippen LogP contribution in [0.4, 0.5) is 0 Å². The Hall–Kier alpha value is -0.730. The highest BCUT2D eigenvalue weighted by Crippen LogP contribution is 2.30. The van der Waals surface area contributed by atoms with Crippen LogP contribution >= 0.6 is 12.4 Å². The zero-order valence-corrected chi connectivity index (χ0v) is 8.18. The third-order valence-electron chi connectivity index (χ3n) is 2.49. The molecule has 1 aromatic carbocycles. The van der Waals surface area contributed by atoms with Crippen molar-refractivity contribution in [3.8, 4) is 5.75 Å². The summed E-state index contributed by atoms with van der Waals surface area (Å²) in [4.78, 5) is 0. The number of phenolic OH excluding ortho intramolecular Hbond substituents is 1. The number of halogens is 1. The lowest BCUT2D eigenvalue weighted by molar-refractivity contribution is 0.470. The van der Waals surface area contributed by atoms with Gasteiger partial charge in [0, 0.05) is 6.04 Å². The Morgan fingerprint density at radius 1 is 1.38 bits per heavy atom. The number of hydrogen-bond donors (Lipinski definition) is 2. The minimum Gasteiger partial charge on any atom is -0.508 e. The molecule has 1 aromatic rings. The second-order valence-corrected chi connectivity index (χ2v) is 3.38. The molecule has 3 heteroatoms. The van der Waals surface area contributed by atoms with Gasteiger partial charge in [-0.25, -0.2) is 0 Å². The summed E-state index contributed by atoms with van der Waals surface area (Å²) in [7, 11) is 0. The van der Waals surface area contributed by atoms with Crippen LogP contribution in [-0.2, 0) is 6.42 Å². The summed E-state index contributed by atoms with van der Waals surface area (Å²) in [5.41, 5.74) is 8.33. The maximum atomic E-state index is 9.25. The van der Waals surface area contributed by atoms with E-state index in [1.54, 1.807) is 12.1 Å². The summed E-state index contributed by atoms with van der Waals surface area (Å²) in [6, 6.07) is 5.63. The molecular weight excluding hydrogens is 186 g/mol. The number of phenols is 1. The van der Waals surface area contributed by atoms with Gasteiger partial charge in [0.1, 0.15) is 5.75 Å². The van der Waals surface area contributed by atoms with E-state index in [1.165, 1.54) is 12.0 Å². The summed E-state index contributed by atoms with van der Waals surface area (Å²) in [5.74, 6) is 0.325. The standard InChI is InChI=1S/C10H13NO.ClH/c11-10-3-1-2-7-4-5-8(12)6-9(7)10;/h4-6,10,12H,1-3,11H2;1H. The predicted molar refractivity (Wildman–Crippen MR) is 55.2 cm³/mol. The van der Waals surface area contributed by atoms with Crippen LogP contribution < -0.4 is 5.73 Å². The molecule has 0 aromatic heterocycles. The third-order valence-corrected chi connectivity index (χ3v) is 2.49. The van der Waals surface area contributed by atoms with E-state index in [4.69, 9.17) is 5.73 Å². The molecule has 13 heavy (non-hydrogen) atoms. The number of aryl methyl sites for hydroxylation is 1. The van der Waals surface area contributed by atoms with Crippen molar-refractivity contribution in [2.24, 2.45) is 5.73 Å². The van der Waals surface area contributed by atoms with Gasteiger partial charge in [0.05, 0.1) is 0 Å². The van der Waals surface area contributed by atoms with Crippen molar-refractivity contribution < 1.29 is 5.11 Å². The highest BCUT2D eigenvalue weighted by atomic mass is 35.5. The molecule has 1 unspecified atom stereocenters. The molecule has 0 saturated heterocycles. The third kappa shape index (κ3) is 1.95. The fraction of sp³-hybridized carbons (Fsp3) is 0.400. The van der Waals surface area contributed by atoms with Gasteiger partial charge in [-0.05, 0) is 42.5 Å². The van der Waals surface area contributed by atoms with Crippen molar-refractivity contribution in [1.82, 2.24) is 0 Å². The summed E-state index contributed by atoms with van der Waals surface area (Å²) in [6.07, 6.45) is 3.30. The Balaban J connectivity index is 0.000000845. The molecule has 1 aliphatic carbocycles. The van der Waals surface area contributed by atoms with Gasteiger partial charge in [0.25, 0.3) is 0 Å². The van der Waals surface area contributed by atoms with Gasteiger partial charge >= 0.3 is 0 Å². The van der Waals surface area contributed by atoms with E-state index in [0.717, 1.165) is 18.4 Å². The van der Waals surface area contributed by atoms with Gasteiger partial charge in [-0.15, -0.1) is 12.4 Å². The molecule has 0 radical (unpaired) electrons. The number of fused-ring (bicyclic) bond motifs is 1. The van der Waals surface area contributed by atoms with Crippen LogP contribution in [0.15, 0.2) is 18.2 Å². The van der Waals surface area contributed by atoms with Gasteiger partial charge in [0.15, 0.2) is 0 Å². The highest BCUT2D eigenvalue weighted by molar-refractivity contribution is 5.85. The topological polar surface area (TPSA) is 46.2 Å². The average molecular weight is 200 g/mol. The molecule has 3 N–H and O–H groups in total. The molecule has 1 atom stereocenters. The summed E-state index contributed by atoms with van der Waals surface area (Å²) < 4.78 is 0. The molecule has 0 amide bonds. The Morgan fingerprint density at radius 2 is 2.15 bits per heavy atom. The van der Waals surface area contributed by atoms with Gasteiger partial charge in [-0.3, -0.25) is 0 Å². The first-order valence-electron chi connectivity index (χ1n) is 4.35. The van der Waals surface area contributed by atoms with E-state index in [9.17, 15) is 5.11 Å². The minimum absolute atomic E-state index is 0. The monoisotopic (exact) mass is 199 g/mol. The first-order valence-corrected chi connectivity index (χ1v) is 4.35. The fourth-order valence-corrected chi connectivity index (χ4v) is 1.82. The smallest absolute Gasteiger partial charge is 0.115 e. The Labute approximate surface area is 84.2 Å². The molecule has 0 saturated carbocycles. The lowest BCUT2D eigenvalue weighted by Gasteiger charge is -2.21. The van der Waals surface area contributed by atoms with Crippen molar-refractivity contribution in [2.45, 2.75) is 25.3 Å². The molecular formula is C10H14ClNO. The summed E-state index contributed by atoms with van der Waals surface area (Å²) in [5, 5.41) is 9.25. The quantitative estimate of drug-likeness (QED) is 0.673. The molecule has 2 rings (SSSR count). The molecule has 72 valence electrons. The number of nitrogens with two attached hydrogens (primary N) is 1. The van der Waals surface area contributed by atoms with Crippen molar-refractivity contribution in [1.29, 1.82) is 0 Å².